The lowest BCUT2D eigenvalue weighted by Gasteiger charge is -2.39. The van der Waals surface area contributed by atoms with Crippen LogP contribution in [0.2, 0.25) is 0 Å². The van der Waals surface area contributed by atoms with Crippen LogP contribution >= 0.6 is 0 Å². The Labute approximate surface area is 222 Å². The quantitative estimate of drug-likeness (QED) is 0.447. The molecular weight excluding hydrogens is 508 g/mol. The highest BCUT2D eigenvalue weighted by Gasteiger charge is 2.44. The van der Waals surface area contributed by atoms with Crippen molar-refractivity contribution in [2.24, 2.45) is 0 Å². The average Bonchev–Trinajstić information content (AvgIpc) is 3.36. The molecule has 2 aliphatic rings. The zero-order chi connectivity index (χ0) is 26.9. The van der Waals surface area contributed by atoms with Gasteiger partial charge in [-0.15, -0.1) is 0 Å². The maximum Gasteiger partial charge on any atom is 0.354 e. The number of morpholine rings is 1. The molecule has 38 heavy (non-hydrogen) atoms. The monoisotopic (exact) mass is 542 g/mol. The minimum Gasteiger partial charge on any atom is -0.461 e. The van der Waals surface area contributed by atoms with E-state index in [4.69, 9.17) is 24.2 Å². The zero-order valence-electron chi connectivity index (χ0n) is 22.0. The average molecular weight is 543 g/mol. The van der Waals surface area contributed by atoms with Crippen LogP contribution in [0.5, 0.6) is 0 Å². The van der Waals surface area contributed by atoms with Gasteiger partial charge in [-0.25, -0.2) is 23.2 Å². The Balaban J connectivity index is 1.66. The molecule has 10 nitrogen and oxygen atoms in total. The van der Waals surface area contributed by atoms with Crippen molar-refractivity contribution >= 4 is 32.7 Å². The van der Waals surface area contributed by atoms with E-state index >= 15 is 0 Å². The molecule has 204 valence electrons. The van der Waals surface area contributed by atoms with Crippen LogP contribution in [0.15, 0.2) is 30.3 Å². The standard InChI is InChI=1S/C27H34N4O6S/c1-4-19-17-36-13-10-31(19)25-15-18(27(38(3,33)34)8-11-35-12-9-27)14-22(30-25)20-6-7-21-23(28-20)16-24(29-21)26(32)37-5-2/h6-7,14-16,19,29H,4-5,8-13,17H2,1-3H3/t19-/m0/s1. The van der Waals surface area contributed by atoms with Crippen LogP contribution in [0.4, 0.5) is 5.82 Å². The number of rotatable bonds is 7. The number of sulfone groups is 1. The van der Waals surface area contributed by atoms with E-state index in [1.807, 2.05) is 24.3 Å². The fourth-order valence-electron chi connectivity index (χ4n) is 5.40. The van der Waals surface area contributed by atoms with Gasteiger partial charge in [-0.1, -0.05) is 6.92 Å². The van der Waals surface area contributed by atoms with Crippen molar-refractivity contribution in [3.8, 4) is 11.4 Å². The van der Waals surface area contributed by atoms with Gasteiger partial charge in [-0.3, -0.25) is 0 Å². The second-order valence-corrected chi connectivity index (χ2v) is 12.2. The van der Waals surface area contributed by atoms with Gasteiger partial charge in [0.15, 0.2) is 9.84 Å². The first-order valence-electron chi connectivity index (χ1n) is 13.1. The number of pyridine rings is 2. The van der Waals surface area contributed by atoms with Gasteiger partial charge in [0.25, 0.3) is 0 Å². The number of fused-ring (bicyclic) bond motifs is 1. The second kappa shape index (κ2) is 10.6. The van der Waals surface area contributed by atoms with Crippen LogP contribution in [0.25, 0.3) is 22.4 Å². The molecule has 0 bridgehead atoms. The van der Waals surface area contributed by atoms with Crippen molar-refractivity contribution in [3.05, 3.63) is 41.6 Å². The minimum atomic E-state index is -3.48. The summed E-state index contributed by atoms with van der Waals surface area (Å²) in [5.41, 5.74) is 3.49. The highest BCUT2D eigenvalue weighted by atomic mass is 32.2. The molecule has 0 unspecified atom stereocenters. The van der Waals surface area contributed by atoms with Gasteiger partial charge in [-0.2, -0.15) is 0 Å². The summed E-state index contributed by atoms with van der Waals surface area (Å²) < 4.78 is 41.9. The van der Waals surface area contributed by atoms with Gasteiger partial charge in [0.05, 0.1) is 48.3 Å². The highest BCUT2D eigenvalue weighted by molar-refractivity contribution is 7.91. The van der Waals surface area contributed by atoms with Crippen LogP contribution < -0.4 is 4.90 Å². The Morgan fingerprint density at radius 2 is 1.89 bits per heavy atom. The maximum atomic E-state index is 13.3. The lowest BCUT2D eigenvalue weighted by atomic mass is 9.90. The van der Waals surface area contributed by atoms with E-state index in [2.05, 4.69) is 16.8 Å². The van der Waals surface area contributed by atoms with Gasteiger partial charge in [0.1, 0.15) is 16.3 Å². The first-order chi connectivity index (χ1) is 18.3. The van der Waals surface area contributed by atoms with Gasteiger partial charge in [0.2, 0.25) is 0 Å². The van der Waals surface area contributed by atoms with Gasteiger partial charge < -0.3 is 24.1 Å². The number of hydrogen-bond acceptors (Lipinski definition) is 9. The van der Waals surface area contributed by atoms with E-state index in [0.29, 0.717) is 85.3 Å². The smallest absolute Gasteiger partial charge is 0.354 e. The summed E-state index contributed by atoms with van der Waals surface area (Å²) in [6.07, 6.45) is 2.93. The lowest BCUT2D eigenvalue weighted by molar-refractivity contribution is 0.0520. The van der Waals surface area contributed by atoms with Crippen molar-refractivity contribution in [2.75, 3.05) is 50.7 Å². The summed E-state index contributed by atoms with van der Waals surface area (Å²) in [6, 6.07) is 9.25. The molecular formula is C27H34N4O6S. The zero-order valence-corrected chi connectivity index (χ0v) is 22.8. The number of nitrogens with zero attached hydrogens (tertiary/aromatic N) is 3. The van der Waals surface area contributed by atoms with Gasteiger partial charge in [0, 0.05) is 26.0 Å². The third-order valence-electron chi connectivity index (χ3n) is 7.57. The van der Waals surface area contributed by atoms with Crippen LogP contribution in [0.1, 0.15) is 49.2 Å². The Morgan fingerprint density at radius 3 is 2.61 bits per heavy atom. The molecule has 3 aromatic heterocycles. The molecule has 0 aliphatic carbocycles. The number of H-pyrrole nitrogens is 1. The van der Waals surface area contributed by atoms with Crippen molar-refractivity contribution < 1.29 is 27.4 Å². The summed E-state index contributed by atoms with van der Waals surface area (Å²) in [4.78, 5) is 27.3. The SMILES string of the molecule is CCOC(=O)c1cc2nc(-c3cc(C4(S(C)(=O)=O)CCOCC4)cc(N4CCOC[C@@H]4CC)n3)ccc2[nH]1. The summed E-state index contributed by atoms with van der Waals surface area (Å²) >= 11 is 0. The molecule has 2 fully saturated rings. The topological polar surface area (TPSA) is 124 Å². The number of carbonyl (C=O) groups is 1. The Hall–Kier alpha value is -3.02. The van der Waals surface area contributed by atoms with E-state index in [-0.39, 0.29) is 12.6 Å². The Morgan fingerprint density at radius 1 is 1.11 bits per heavy atom. The molecule has 2 aliphatic heterocycles. The molecule has 0 saturated carbocycles. The predicted octanol–water partition coefficient (Wildman–Crippen LogP) is 3.47. The molecule has 1 N–H and O–H groups in total. The van der Waals surface area contributed by atoms with E-state index in [1.54, 1.807) is 13.0 Å². The first kappa shape index (κ1) is 26.6. The predicted molar refractivity (Wildman–Crippen MR) is 144 cm³/mol. The third-order valence-corrected chi connectivity index (χ3v) is 9.64. The number of esters is 1. The molecule has 2 saturated heterocycles. The number of aromatic amines is 1. The number of ether oxygens (including phenoxy) is 3. The van der Waals surface area contributed by atoms with Crippen molar-refractivity contribution in [1.29, 1.82) is 0 Å². The van der Waals surface area contributed by atoms with Crippen LogP contribution in [-0.2, 0) is 28.8 Å². The molecule has 0 spiro atoms. The van der Waals surface area contributed by atoms with E-state index in [0.717, 1.165) is 6.42 Å². The van der Waals surface area contributed by atoms with Crippen LogP contribution in [0.3, 0.4) is 0 Å². The fraction of sp³-hybridized carbons (Fsp3) is 0.519. The molecule has 0 aromatic carbocycles. The lowest BCUT2D eigenvalue weighted by Crippen LogP contribution is -2.46. The molecule has 0 radical (unpaired) electrons. The molecule has 1 atom stereocenters. The van der Waals surface area contributed by atoms with Crippen molar-refractivity contribution in [2.45, 2.75) is 43.9 Å². The summed E-state index contributed by atoms with van der Waals surface area (Å²) in [5.74, 6) is 0.271. The van der Waals surface area contributed by atoms with E-state index in [9.17, 15) is 13.2 Å². The number of hydrogen-bond donors (Lipinski definition) is 1. The Kier molecular flexibility index (Phi) is 7.43. The highest BCUT2D eigenvalue weighted by Crippen LogP contribution is 2.42. The number of carbonyl (C=O) groups excluding carboxylic acids is 1. The van der Waals surface area contributed by atoms with Gasteiger partial charge >= 0.3 is 5.97 Å². The van der Waals surface area contributed by atoms with E-state index in [1.165, 1.54) is 6.26 Å². The molecule has 11 heteroatoms. The van der Waals surface area contributed by atoms with Gasteiger partial charge in [-0.05, 0) is 62.1 Å². The second-order valence-electron chi connectivity index (χ2n) is 9.84. The molecule has 0 amide bonds. The third kappa shape index (κ3) is 4.90. The normalized spacial score (nSPS) is 20.0. The summed E-state index contributed by atoms with van der Waals surface area (Å²) in [6.45, 7) is 6.72. The summed E-state index contributed by atoms with van der Waals surface area (Å²) in [5, 5.41) is 0. The number of aromatic nitrogens is 3. The first-order valence-corrected chi connectivity index (χ1v) is 15.0. The molecule has 5 rings (SSSR count). The molecule has 3 aromatic rings. The number of nitrogens with one attached hydrogen (secondary N) is 1. The fourth-order valence-corrected chi connectivity index (χ4v) is 6.85. The minimum absolute atomic E-state index is 0.135. The Bertz CT molecular complexity index is 1430. The maximum absolute atomic E-state index is 13.3. The van der Waals surface area contributed by atoms with Crippen molar-refractivity contribution in [3.63, 3.8) is 0 Å². The van der Waals surface area contributed by atoms with E-state index < -0.39 is 20.6 Å². The van der Waals surface area contributed by atoms with Crippen LogP contribution in [0, 0.1) is 0 Å². The number of anilines is 1. The van der Waals surface area contributed by atoms with Crippen molar-refractivity contribution in [1.82, 2.24) is 15.0 Å². The summed E-state index contributed by atoms with van der Waals surface area (Å²) in [7, 11) is -3.48. The molecule has 5 heterocycles. The largest absolute Gasteiger partial charge is 0.461 e. The van der Waals surface area contributed by atoms with Crippen LogP contribution in [-0.4, -0.2) is 81.2 Å².